The fourth-order valence-corrected chi connectivity index (χ4v) is 6.50. The number of cyclic esters (lactones) is 2. The number of benzene rings is 2. The third-order valence-electron chi connectivity index (χ3n) is 9.36. The van der Waals surface area contributed by atoms with Gasteiger partial charge in [-0.1, -0.05) is 0 Å². The van der Waals surface area contributed by atoms with Crippen molar-refractivity contribution in [3.63, 3.8) is 0 Å². The predicted molar refractivity (Wildman–Crippen MR) is 190 cm³/mol. The first-order chi connectivity index (χ1) is 24.9. The maximum absolute atomic E-state index is 14.7. The molecule has 2 aromatic rings. The Morgan fingerprint density at radius 1 is 0.673 bits per heavy atom. The predicted octanol–water partition coefficient (Wildman–Crippen LogP) is 3.37. The molecule has 0 spiro atoms. The van der Waals surface area contributed by atoms with Gasteiger partial charge in [-0.2, -0.15) is 0 Å². The summed E-state index contributed by atoms with van der Waals surface area (Å²) < 4.78 is 50.9. The van der Waals surface area contributed by atoms with Crippen molar-refractivity contribution in [1.82, 2.24) is 0 Å². The number of hydrogen-bond donors (Lipinski definition) is 2. The van der Waals surface area contributed by atoms with Crippen LogP contribution in [0.25, 0.3) is 0 Å². The Balaban J connectivity index is 0.000000201. The summed E-state index contributed by atoms with van der Waals surface area (Å²) in [6.45, 7) is 7.66. The monoisotopic (exact) mass is 730 g/mol. The largest absolute Gasteiger partial charge is 0.444 e. The van der Waals surface area contributed by atoms with Crippen LogP contribution in [0, 0.1) is 11.6 Å². The van der Waals surface area contributed by atoms with Crippen molar-refractivity contribution in [2.45, 2.75) is 63.9 Å². The van der Waals surface area contributed by atoms with E-state index in [0.717, 1.165) is 0 Å². The molecule has 0 saturated carbocycles. The topological polar surface area (TPSA) is 170 Å². The van der Waals surface area contributed by atoms with Gasteiger partial charge in [0, 0.05) is 52.1 Å². The van der Waals surface area contributed by atoms with E-state index in [0.29, 0.717) is 114 Å². The zero-order chi connectivity index (χ0) is 37.4. The number of morpholine rings is 2. The fraction of sp³-hybridized carbons (Fsp3) is 0.556. The summed E-state index contributed by atoms with van der Waals surface area (Å²) in [4.78, 5) is 52.9. The number of rotatable bonds is 12. The van der Waals surface area contributed by atoms with E-state index in [1.54, 1.807) is 24.3 Å². The maximum Gasteiger partial charge on any atom is 0.414 e. The third kappa shape index (κ3) is 9.93. The molecule has 4 fully saturated rings. The van der Waals surface area contributed by atoms with Crippen LogP contribution in [0.2, 0.25) is 0 Å². The van der Waals surface area contributed by atoms with Crippen molar-refractivity contribution in [3.8, 4) is 0 Å². The van der Waals surface area contributed by atoms with Crippen LogP contribution in [0.4, 0.5) is 41.1 Å². The lowest BCUT2D eigenvalue weighted by Crippen LogP contribution is -2.46. The van der Waals surface area contributed by atoms with Gasteiger partial charge in [-0.15, -0.1) is 0 Å². The smallest absolute Gasteiger partial charge is 0.414 e. The number of carbonyl (C=O) groups excluding carboxylic acids is 4. The van der Waals surface area contributed by atoms with E-state index in [4.69, 9.17) is 30.4 Å². The summed E-state index contributed by atoms with van der Waals surface area (Å²) in [6.07, 6.45) is -0.273. The van der Waals surface area contributed by atoms with Crippen molar-refractivity contribution in [1.29, 1.82) is 0 Å². The van der Waals surface area contributed by atoms with Crippen LogP contribution in [-0.2, 0) is 28.5 Å². The van der Waals surface area contributed by atoms with Crippen molar-refractivity contribution in [3.05, 3.63) is 48.0 Å². The van der Waals surface area contributed by atoms with Gasteiger partial charge >= 0.3 is 12.2 Å². The normalized spacial score (nSPS) is 23.3. The molecule has 0 aliphatic carbocycles. The molecule has 0 radical (unpaired) electrons. The highest BCUT2D eigenvalue weighted by Crippen LogP contribution is 2.31. The average molecular weight is 731 g/mol. The lowest BCUT2D eigenvalue weighted by atomic mass is 10.1. The average Bonchev–Trinajstić information content (AvgIpc) is 3.71. The summed E-state index contributed by atoms with van der Waals surface area (Å²) >= 11 is 0. The second-order valence-electron chi connectivity index (χ2n) is 13.3. The summed E-state index contributed by atoms with van der Waals surface area (Å²) in [7, 11) is 0. The van der Waals surface area contributed by atoms with Gasteiger partial charge in [-0.25, -0.2) is 18.4 Å². The molecule has 4 atom stereocenters. The van der Waals surface area contributed by atoms with E-state index in [2.05, 4.69) is 0 Å². The molecule has 52 heavy (non-hydrogen) atoms. The van der Waals surface area contributed by atoms with Crippen LogP contribution in [0.5, 0.6) is 0 Å². The minimum absolute atomic E-state index is 0.0520. The van der Waals surface area contributed by atoms with E-state index in [1.165, 1.54) is 35.8 Å². The van der Waals surface area contributed by atoms with Gasteiger partial charge in [-0.3, -0.25) is 9.80 Å². The number of ketones is 2. The molecule has 4 aliphatic rings. The van der Waals surface area contributed by atoms with E-state index in [-0.39, 0.29) is 36.0 Å². The first-order valence-electron chi connectivity index (χ1n) is 17.6. The highest BCUT2D eigenvalue weighted by atomic mass is 19.1. The molecule has 16 heteroatoms. The lowest BCUT2D eigenvalue weighted by Gasteiger charge is -2.34. The number of ether oxygens (including phenoxy) is 4. The van der Waals surface area contributed by atoms with Crippen LogP contribution in [0.15, 0.2) is 36.4 Å². The number of hydrogen-bond acceptors (Lipinski definition) is 12. The molecule has 4 N–H and O–H groups in total. The molecule has 4 heterocycles. The zero-order valence-corrected chi connectivity index (χ0v) is 29.6. The SMILES string of the molecule is CC(=O)CC[C@H]1CN(c2ccc(N3CCO[C@@H](CN)C3)c(F)c2)C(=O)O1.CC(=O)CC[C@H]1CN(c2ccc(N3CCO[C@H](CN)C3)c(F)c2)C(=O)O1. The molecule has 2 aromatic carbocycles. The van der Waals surface area contributed by atoms with Gasteiger partial charge in [0.15, 0.2) is 0 Å². The quantitative estimate of drug-likeness (QED) is 0.327. The molecule has 4 aliphatic heterocycles. The van der Waals surface area contributed by atoms with Crippen molar-refractivity contribution in [2.75, 3.05) is 85.2 Å². The van der Waals surface area contributed by atoms with Crippen molar-refractivity contribution >= 4 is 46.5 Å². The Labute approximate surface area is 301 Å². The van der Waals surface area contributed by atoms with E-state index < -0.39 is 23.8 Å². The summed E-state index contributed by atoms with van der Waals surface area (Å²) in [6, 6.07) is 9.44. The van der Waals surface area contributed by atoms with E-state index in [9.17, 15) is 28.0 Å². The molecule has 2 amide bonds. The number of anilines is 4. The highest BCUT2D eigenvalue weighted by Gasteiger charge is 2.34. The maximum atomic E-state index is 14.7. The zero-order valence-electron chi connectivity index (χ0n) is 29.6. The minimum atomic E-state index is -0.514. The van der Waals surface area contributed by atoms with Gasteiger partial charge in [0.25, 0.3) is 0 Å². The first kappa shape index (κ1) is 38.8. The Morgan fingerprint density at radius 2 is 1.08 bits per heavy atom. The molecule has 6 rings (SSSR count). The molecule has 0 aromatic heterocycles. The third-order valence-corrected chi connectivity index (χ3v) is 9.36. The summed E-state index contributed by atoms with van der Waals surface area (Å²) in [5, 5.41) is 0. The Hall–Kier alpha value is -4.38. The number of nitrogens with two attached hydrogens (primary N) is 2. The summed E-state index contributed by atoms with van der Waals surface area (Å²) in [5.74, 6) is -0.701. The molecule has 4 saturated heterocycles. The second kappa shape index (κ2) is 17.9. The molecule has 284 valence electrons. The fourth-order valence-electron chi connectivity index (χ4n) is 6.50. The molecule has 0 unspecified atom stereocenters. The van der Waals surface area contributed by atoms with Gasteiger partial charge < -0.3 is 49.8 Å². The van der Waals surface area contributed by atoms with E-state index >= 15 is 0 Å². The Bertz CT molecular complexity index is 1480. The summed E-state index contributed by atoms with van der Waals surface area (Å²) in [5.41, 5.74) is 13.1. The number of halogens is 2. The van der Waals surface area contributed by atoms with E-state index in [1.807, 2.05) is 9.80 Å². The van der Waals surface area contributed by atoms with Gasteiger partial charge in [0.2, 0.25) is 0 Å². The van der Waals surface area contributed by atoms with Crippen LogP contribution in [-0.4, -0.2) is 114 Å². The lowest BCUT2D eigenvalue weighted by molar-refractivity contribution is -0.118. The van der Waals surface area contributed by atoms with Crippen LogP contribution >= 0.6 is 0 Å². The Kier molecular flexibility index (Phi) is 13.4. The number of carbonyl (C=O) groups is 4. The number of Topliss-reactive ketones (excluding diaryl/α,β-unsaturated/α-hetero) is 2. The molecule has 0 bridgehead atoms. The van der Waals surface area contributed by atoms with Gasteiger partial charge in [0.1, 0.15) is 35.4 Å². The van der Waals surface area contributed by atoms with Crippen LogP contribution in [0.1, 0.15) is 39.5 Å². The molecular formula is C36H48F2N6O8. The standard InChI is InChI=1S/2C18H24FN3O4/c2*1-12(23)2-4-14-11-22(18(24)26-14)13-3-5-17(16(19)8-13)21-6-7-25-15(9-20)10-21/h2*3,5,8,14-15H,2,4,6-7,9-11,20H2,1H3/t14-,15+;14-,15-/m00/s1. The van der Waals surface area contributed by atoms with Gasteiger partial charge in [0.05, 0.1) is 61.3 Å². The van der Waals surface area contributed by atoms with Crippen LogP contribution < -0.4 is 31.1 Å². The minimum Gasteiger partial charge on any atom is -0.444 e. The number of amides is 2. The van der Waals surface area contributed by atoms with Crippen molar-refractivity contribution in [2.24, 2.45) is 11.5 Å². The van der Waals surface area contributed by atoms with Crippen LogP contribution in [0.3, 0.4) is 0 Å². The first-order valence-corrected chi connectivity index (χ1v) is 17.6. The second-order valence-corrected chi connectivity index (χ2v) is 13.3. The van der Waals surface area contributed by atoms with Gasteiger partial charge in [-0.05, 0) is 63.1 Å². The van der Waals surface area contributed by atoms with Crippen molar-refractivity contribution < 1.29 is 46.9 Å². The molecular weight excluding hydrogens is 682 g/mol. The Morgan fingerprint density at radius 3 is 1.42 bits per heavy atom. The highest BCUT2D eigenvalue weighted by molar-refractivity contribution is 5.91. The molecule has 14 nitrogen and oxygen atoms in total. The number of nitrogens with zero attached hydrogens (tertiary/aromatic N) is 4.